The fourth-order valence-electron chi connectivity index (χ4n) is 1.51. The Morgan fingerprint density at radius 2 is 2.11 bits per heavy atom. The minimum Gasteiger partial charge on any atom is -0.480 e. The van der Waals surface area contributed by atoms with Gasteiger partial charge in [-0.1, -0.05) is 0 Å². The molecule has 1 fully saturated rings. The van der Waals surface area contributed by atoms with Crippen LogP contribution < -0.4 is 10.5 Å². The number of primary sulfonamides is 1. The first-order chi connectivity index (χ1) is 8.20. The molecule has 1 heterocycles. The van der Waals surface area contributed by atoms with Crippen molar-refractivity contribution in [2.75, 3.05) is 19.6 Å². The highest BCUT2D eigenvalue weighted by Gasteiger charge is 2.37. The van der Waals surface area contributed by atoms with Crippen LogP contribution >= 0.6 is 0 Å². The van der Waals surface area contributed by atoms with Gasteiger partial charge >= 0.3 is 5.97 Å². The summed E-state index contributed by atoms with van der Waals surface area (Å²) in [5.41, 5.74) is 0. The molecule has 2 amide bonds. The quantitative estimate of drug-likeness (QED) is 0.491. The minimum atomic E-state index is -3.82. The zero-order valence-corrected chi connectivity index (χ0v) is 10.1. The van der Waals surface area contributed by atoms with Crippen LogP contribution in [0.15, 0.2) is 0 Å². The molecule has 4 N–H and O–H groups in total. The van der Waals surface area contributed by atoms with Crippen LogP contribution in [0, 0.1) is 0 Å². The Hall–Kier alpha value is -1.68. The lowest BCUT2D eigenvalue weighted by atomic mass is 10.4. The van der Waals surface area contributed by atoms with Crippen LogP contribution in [-0.2, 0) is 24.4 Å². The number of carboxylic acid groups (broad SMARTS) is 1. The van der Waals surface area contributed by atoms with E-state index >= 15 is 0 Å². The predicted octanol–water partition coefficient (Wildman–Crippen LogP) is -2.92. The van der Waals surface area contributed by atoms with Crippen molar-refractivity contribution in [3.63, 3.8) is 0 Å². The van der Waals surface area contributed by atoms with Gasteiger partial charge in [-0.15, -0.1) is 0 Å². The minimum absolute atomic E-state index is 0.155. The number of hydrogen-bond acceptors (Lipinski definition) is 5. The molecule has 0 radical (unpaired) electrons. The molecular weight excluding hydrogens is 266 g/mol. The van der Waals surface area contributed by atoms with Crippen molar-refractivity contribution in [1.29, 1.82) is 0 Å². The topological polar surface area (TPSA) is 147 Å². The van der Waals surface area contributed by atoms with Gasteiger partial charge < -0.3 is 15.3 Å². The summed E-state index contributed by atoms with van der Waals surface area (Å²) in [5.74, 6) is -2.38. The Labute approximate surface area is 103 Å². The lowest BCUT2D eigenvalue weighted by Crippen LogP contribution is -2.40. The van der Waals surface area contributed by atoms with Crippen molar-refractivity contribution < 1.29 is 27.9 Å². The summed E-state index contributed by atoms with van der Waals surface area (Å²) in [6.45, 7) is -1.09. The summed E-state index contributed by atoms with van der Waals surface area (Å²) in [7, 11) is -3.82. The van der Waals surface area contributed by atoms with Gasteiger partial charge in [-0.05, 0) is 0 Å². The number of hydrogen-bond donors (Lipinski definition) is 3. The Kier molecular flexibility index (Phi) is 4.24. The molecule has 1 saturated heterocycles. The van der Waals surface area contributed by atoms with Gasteiger partial charge in [0.25, 0.3) is 0 Å². The van der Waals surface area contributed by atoms with Gasteiger partial charge in [0.2, 0.25) is 21.8 Å². The highest BCUT2D eigenvalue weighted by atomic mass is 32.2. The largest absolute Gasteiger partial charge is 0.480 e. The smallest absolute Gasteiger partial charge is 0.322 e. The van der Waals surface area contributed by atoms with E-state index in [2.05, 4.69) is 5.32 Å². The number of rotatable bonds is 5. The molecular formula is C8H13N3O6S. The molecule has 0 spiro atoms. The Morgan fingerprint density at radius 3 is 2.56 bits per heavy atom. The molecule has 1 aliphatic rings. The highest BCUT2D eigenvalue weighted by molar-refractivity contribution is 7.89. The molecule has 0 aliphatic carbocycles. The maximum atomic E-state index is 11.4. The number of aliphatic carboxylic acids is 1. The Morgan fingerprint density at radius 1 is 1.50 bits per heavy atom. The first-order valence-electron chi connectivity index (χ1n) is 4.98. The standard InChI is InChI=1S/C8H13N3O6S/c9-18(16,17)5-1-7(13)11(3-5)4-6(12)10-2-8(14)15/h5H,1-4H2,(H,10,12)(H,14,15)(H2,9,16,17). The number of likely N-dealkylation sites (tertiary alicyclic amines) is 1. The molecule has 0 aromatic carbocycles. The van der Waals surface area contributed by atoms with E-state index in [0.717, 1.165) is 4.90 Å². The van der Waals surface area contributed by atoms with Crippen molar-refractivity contribution >= 4 is 27.8 Å². The van der Waals surface area contributed by atoms with Crippen molar-refractivity contribution in [3.8, 4) is 0 Å². The first kappa shape index (κ1) is 14.4. The second kappa shape index (κ2) is 5.31. The van der Waals surface area contributed by atoms with E-state index in [4.69, 9.17) is 10.2 Å². The predicted molar refractivity (Wildman–Crippen MR) is 58.7 cm³/mol. The molecule has 1 unspecified atom stereocenters. The lowest BCUT2D eigenvalue weighted by Gasteiger charge is -2.15. The Bertz CT molecular complexity index is 473. The summed E-state index contributed by atoms with van der Waals surface area (Å²) in [4.78, 5) is 33.9. The molecule has 1 aliphatic heterocycles. The normalized spacial score (nSPS) is 19.9. The van der Waals surface area contributed by atoms with Crippen LogP contribution in [0.2, 0.25) is 0 Å². The van der Waals surface area contributed by atoms with E-state index in [0.29, 0.717) is 0 Å². The highest BCUT2D eigenvalue weighted by Crippen LogP contribution is 2.15. The van der Waals surface area contributed by atoms with Gasteiger partial charge in [0.15, 0.2) is 0 Å². The number of sulfonamides is 1. The molecule has 0 bridgehead atoms. The summed E-state index contributed by atoms with van der Waals surface area (Å²) in [5, 5.41) is 14.3. The maximum absolute atomic E-state index is 11.4. The van der Waals surface area contributed by atoms with Gasteiger partial charge in [0.1, 0.15) is 11.8 Å². The molecule has 0 saturated carbocycles. The SMILES string of the molecule is NS(=O)(=O)C1CC(=O)N(CC(=O)NCC(=O)O)C1. The summed E-state index contributed by atoms with van der Waals surface area (Å²) >= 11 is 0. The van der Waals surface area contributed by atoms with Crippen LogP contribution in [0.25, 0.3) is 0 Å². The first-order valence-corrected chi connectivity index (χ1v) is 6.59. The number of carbonyl (C=O) groups is 3. The van der Waals surface area contributed by atoms with Gasteiger partial charge in [-0.25, -0.2) is 13.6 Å². The van der Waals surface area contributed by atoms with Crippen molar-refractivity contribution in [2.24, 2.45) is 5.14 Å². The monoisotopic (exact) mass is 279 g/mol. The van der Waals surface area contributed by atoms with Gasteiger partial charge in [-0.3, -0.25) is 14.4 Å². The van der Waals surface area contributed by atoms with Gasteiger partial charge in [0, 0.05) is 13.0 Å². The molecule has 18 heavy (non-hydrogen) atoms. The third-order valence-electron chi connectivity index (χ3n) is 2.41. The van der Waals surface area contributed by atoms with Crippen LogP contribution in [-0.4, -0.2) is 61.1 Å². The van der Waals surface area contributed by atoms with E-state index in [1.807, 2.05) is 0 Å². The zero-order chi connectivity index (χ0) is 13.9. The fourth-order valence-corrected chi connectivity index (χ4v) is 2.27. The van der Waals surface area contributed by atoms with Crippen molar-refractivity contribution in [2.45, 2.75) is 11.7 Å². The number of amides is 2. The second-order valence-corrected chi connectivity index (χ2v) is 5.70. The van der Waals surface area contributed by atoms with Crippen molar-refractivity contribution in [3.05, 3.63) is 0 Å². The third-order valence-corrected chi connectivity index (χ3v) is 3.66. The Balaban J connectivity index is 2.52. The average Bonchev–Trinajstić information content (AvgIpc) is 2.57. The van der Waals surface area contributed by atoms with E-state index in [-0.39, 0.29) is 19.5 Å². The van der Waals surface area contributed by atoms with Crippen LogP contribution in [0.5, 0.6) is 0 Å². The van der Waals surface area contributed by atoms with E-state index in [1.165, 1.54) is 0 Å². The second-order valence-electron chi connectivity index (χ2n) is 3.86. The fraction of sp³-hybridized carbons (Fsp3) is 0.625. The maximum Gasteiger partial charge on any atom is 0.322 e. The number of carbonyl (C=O) groups excluding carboxylic acids is 2. The molecule has 0 aromatic rings. The molecule has 9 nitrogen and oxygen atoms in total. The molecule has 1 atom stereocenters. The number of nitrogens with one attached hydrogen (secondary N) is 1. The number of nitrogens with zero attached hydrogens (tertiary/aromatic N) is 1. The van der Waals surface area contributed by atoms with Gasteiger partial charge in [-0.2, -0.15) is 0 Å². The lowest BCUT2D eigenvalue weighted by molar-refractivity contribution is -0.138. The van der Waals surface area contributed by atoms with E-state index in [9.17, 15) is 22.8 Å². The summed E-state index contributed by atoms with van der Waals surface area (Å²) < 4.78 is 22.1. The molecule has 102 valence electrons. The van der Waals surface area contributed by atoms with Crippen LogP contribution in [0.3, 0.4) is 0 Å². The van der Waals surface area contributed by atoms with Crippen LogP contribution in [0.4, 0.5) is 0 Å². The van der Waals surface area contributed by atoms with Gasteiger partial charge in [0.05, 0.1) is 6.54 Å². The number of carboxylic acids is 1. The van der Waals surface area contributed by atoms with E-state index < -0.39 is 39.6 Å². The molecule has 1 rings (SSSR count). The molecule has 10 heteroatoms. The molecule has 0 aromatic heterocycles. The number of nitrogens with two attached hydrogens (primary N) is 1. The van der Waals surface area contributed by atoms with Crippen molar-refractivity contribution in [1.82, 2.24) is 10.2 Å². The average molecular weight is 279 g/mol. The summed E-state index contributed by atoms with van der Waals surface area (Å²) in [6, 6.07) is 0. The van der Waals surface area contributed by atoms with Crippen LogP contribution in [0.1, 0.15) is 6.42 Å². The van der Waals surface area contributed by atoms with E-state index in [1.54, 1.807) is 0 Å². The third kappa shape index (κ3) is 3.96. The summed E-state index contributed by atoms with van der Waals surface area (Å²) in [6.07, 6.45) is -0.259. The zero-order valence-electron chi connectivity index (χ0n) is 9.33.